The molecule has 5 amide bonds. The Balaban J connectivity index is 1.23. The van der Waals surface area contributed by atoms with E-state index in [1.165, 1.54) is 15.9 Å². The van der Waals surface area contributed by atoms with E-state index >= 15 is 0 Å². The van der Waals surface area contributed by atoms with Crippen LogP contribution < -0.4 is 21.0 Å². The molecular weight excluding hydrogens is 685 g/mol. The molecule has 13 nitrogen and oxygen atoms in total. The van der Waals surface area contributed by atoms with Crippen LogP contribution >= 0.6 is 0 Å². The average molecular weight is 736 g/mol. The third-order valence-corrected chi connectivity index (χ3v) is 10.5. The van der Waals surface area contributed by atoms with Gasteiger partial charge in [-0.15, -0.1) is 0 Å². The summed E-state index contributed by atoms with van der Waals surface area (Å²) in [7, 11) is 0. The summed E-state index contributed by atoms with van der Waals surface area (Å²) in [6.07, 6.45) is 3.17. The summed E-state index contributed by atoms with van der Waals surface area (Å²) in [5, 5.41) is 5.70. The summed E-state index contributed by atoms with van der Waals surface area (Å²) in [6.45, 7) is 7.18. The molecule has 286 valence electrons. The van der Waals surface area contributed by atoms with E-state index in [1.54, 1.807) is 45.0 Å². The summed E-state index contributed by atoms with van der Waals surface area (Å²) in [6, 6.07) is 9.72. The van der Waals surface area contributed by atoms with Gasteiger partial charge in [0.1, 0.15) is 35.1 Å². The van der Waals surface area contributed by atoms with Gasteiger partial charge in [0.15, 0.2) is 5.75 Å². The monoisotopic (exact) mass is 735 g/mol. The molecule has 5 atom stereocenters. The van der Waals surface area contributed by atoms with Gasteiger partial charge in [0.25, 0.3) is 5.91 Å². The number of amides is 5. The van der Waals surface area contributed by atoms with Crippen molar-refractivity contribution in [2.24, 2.45) is 5.92 Å². The zero-order valence-corrected chi connectivity index (χ0v) is 30.9. The Hall–Kier alpha value is -4.88. The molecule has 0 aromatic heterocycles. The van der Waals surface area contributed by atoms with Crippen molar-refractivity contribution < 1.29 is 42.7 Å². The van der Waals surface area contributed by atoms with E-state index in [4.69, 9.17) is 14.3 Å². The number of fused-ring (bicyclic) bond motifs is 3. The lowest BCUT2D eigenvalue weighted by molar-refractivity contribution is -0.142. The molecule has 53 heavy (non-hydrogen) atoms. The van der Waals surface area contributed by atoms with E-state index in [9.17, 15) is 28.4 Å². The lowest BCUT2D eigenvalue weighted by atomic mass is 10.0. The quantitative estimate of drug-likeness (QED) is 0.355. The summed E-state index contributed by atoms with van der Waals surface area (Å²) in [5.41, 5.74) is 2.60. The number of hydrogen-bond acceptors (Lipinski definition) is 8. The predicted octanol–water partition coefficient (Wildman–Crippen LogP) is 5.18. The fourth-order valence-corrected chi connectivity index (χ4v) is 7.55. The Morgan fingerprint density at radius 2 is 1.68 bits per heavy atom. The fourth-order valence-electron chi connectivity index (χ4n) is 7.55. The molecule has 0 unspecified atom stereocenters. The topological polar surface area (TPSA) is 156 Å². The van der Waals surface area contributed by atoms with Crippen LogP contribution in [0.25, 0.3) is 0 Å². The second-order valence-corrected chi connectivity index (χ2v) is 15.7. The summed E-state index contributed by atoms with van der Waals surface area (Å²) in [5.74, 6) is -1.71. The van der Waals surface area contributed by atoms with Gasteiger partial charge in [-0.2, -0.15) is 5.48 Å². The molecule has 2 aromatic rings. The first-order valence-corrected chi connectivity index (χ1v) is 18.6. The molecular formula is C39H50FN5O8. The van der Waals surface area contributed by atoms with Crippen LogP contribution in [-0.2, 0) is 36.9 Å². The molecule has 6 rings (SSSR count). The molecule has 1 saturated carbocycles. The van der Waals surface area contributed by atoms with Crippen LogP contribution in [0.2, 0.25) is 0 Å². The molecule has 4 aliphatic rings. The van der Waals surface area contributed by atoms with Crippen LogP contribution in [0.3, 0.4) is 0 Å². The number of hydroxylamine groups is 1. The highest BCUT2D eigenvalue weighted by Gasteiger charge is 2.62. The first kappa shape index (κ1) is 37.9. The highest BCUT2D eigenvalue weighted by molar-refractivity contribution is 5.98. The van der Waals surface area contributed by atoms with Gasteiger partial charge in [-0.25, -0.2) is 14.0 Å². The van der Waals surface area contributed by atoms with Crippen LogP contribution in [0.4, 0.5) is 14.0 Å². The molecule has 2 saturated heterocycles. The average Bonchev–Trinajstić information content (AvgIpc) is 3.39. The first-order valence-electron chi connectivity index (χ1n) is 18.6. The Morgan fingerprint density at radius 1 is 0.962 bits per heavy atom. The van der Waals surface area contributed by atoms with Crippen molar-refractivity contribution >= 4 is 29.9 Å². The Morgan fingerprint density at radius 3 is 2.40 bits per heavy atom. The van der Waals surface area contributed by atoms with Gasteiger partial charge in [-0.3, -0.25) is 19.3 Å². The van der Waals surface area contributed by atoms with Gasteiger partial charge in [-0.05, 0) is 76.6 Å². The summed E-state index contributed by atoms with van der Waals surface area (Å²) < 4.78 is 25.8. The van der Waals surface area contributed by atoms with E-state index in [0.717, 1.165) is 31.2 Å². The molecule has 0 spiro atoms. The summed E-state index contributed by atoms with van der Waals surface area (Å²) in [4.78, 5) is 77.0. The number of nitrogens with zero attached hydrogens (tertiary/aromatic N) is 2. The first-order chi connectivity index (χ1) is 25.2. The molecule has 3 heterocycles. The van der Waals surface area contributed by atoms with Crippen molar-refractivity contribution in [3.8, 4) is 5.75 Å². The van der Waals surface area contributed by atoms with E-state index in [2.05, 4.69) is 16.1 Å². The second-order valence-electron chi connectivity index (χ2n) is 15.7. The van der Waals surface area contributed by atoms with Crippen LogP contribution in [0.15, 0.2) is 42.5 Å². The third kappa shape index (κ3) is 9.02. The molecule has 0 bridgehead atoms. The largest absolute Gasteiger partial charge is 0.444 e. The lowest BCUT2D eigenvalue weighted by Gasteiger charge is -2.30. The SMILES string of the molecule is Cc1ccc(ONC(=O)[C@@]23C[C@H]2CCCCCCC[C@H](NC(=O)OC(C)(C)C)C(=O)N2C[C@H](OC(=O)N4Cc5cccc(F)c5C4)C[C@H]2C(=O)N3)cc1. The number of ether oxygens (including phenoxy) is 2. The molecule has 3 fully saturated rings. The molecule has 3 N–H and O–H groups in total. The van der Waals surface area contributed by atoms with E-state index < -0.39 is 65.1 Å². The number of aryl methyl sites for hydroxylation is 1. The minimum atomic E-state index is -1.26. The van der Waals surface area contributed by atoms with Crippen LogP contribution in [-0.4, -0.2) is 75.6 Å². The van der Waals surface area contributed by atoms with Crippen molar-refractivity contribution in [2.45, 2.75) is 128 Å². The van der Waals surface area contributed by atoms with Gasteiger partial charge in [0.05, 0.1) is 13.1 Å². The van der Waals surface area contributed by atoms with Gasteiger partial charge in [0.2, 0.25) is 11.8 Å². The van der Waals surface area contributed by atoms with Crippen LogP contribution in [0.1, 0.15) is 95.2 Å². The predicted molar refractivity (Wildman–Crippen MR) is 190 cm³/mol. The zero-order valence-electron chi connectivity index (χ0n) is 30.9. The zero-order chi connectivity index (χ0) is 37.9. The number of hydrogen-bond donors (Lipinski definition) is 3. The van der Waals surface area contributed by atoms with Gasteiger partial charge in [-0.1, -0.05) is 61.9 Å². The number of nitrogens with one attached hydrogen (secondary N) is 3. The Kier molecular flexibility index (Phi) is 11.2. The number of rotatable bonds is 5. The van der Waals surface area contributed by atoms with E-state index in [0.29, 0.717) is 42.6 Å². The maximum Gasteiger partial charge on any atom is 0.410 e. The maximum atomic E-state index is 14.4. The molecule has 0 radical (unpaired) electrons. The van der Waals surface area contributed by atoms with Crippen LogP contribution in [0.5, 0.6) is 5.75 Å². The maximum absolute atomic E-state index is 14.4. The van der Waals surface area contributed by atoms with Crippen molar-refractivity contribution in [1.29, 1.82) is 0 Å². The van der Waals surface area contributed by atoms with Crippen molar-refractivity contribution in [1.82, 2.24) is 25.9 Å². The van der Waals surface area contributed by atoms with Crippen molar-refractivity contribution in [3.63, 3.8) is 0 Å². The minimum Gasteiger partial charge on any atom is -0.444 e. The second kappa shape index (κ2) is 15.6. The molecule has 2 aromatic carbocycles. The molecule has 3 aliphatic heterocycles. The summed E-state index contributed by atoms with van der Waals surface area (Å²) >= 11 is 0. The fraction of sp³-hybridized carbons (Fsp3) is 0.564. The Labute approximate surface area is 309 Å². The minimum absolute atomic E-state index is 0.0334. The van der Waals surface area contributed by atoms with E-state index in [-0.39, 0.29) is 32.0 Å². The van der Waals surface area contributed by atoms with Gasteiger partial charge in [0, 0.05) is 18.5 Å². The lowest BCUT2D eigenvalue weighted by Crippen LogP contribution is -2.58. The van der Waals surface area contributed by atoms with Gasteiger partial charge < -0.3 is 29.8 Å². The van der Waals surface area contributed by atoms with Crippen molar-refractivity contribution in [3.05, 3.63) is 65.0 Å². The number of benzene rings is 2. The Bertz CT molecular complexity index is 1710. The highest BCUT2D eigenvalue weighted by Crippen LogP contribution is 2.47. The molecule has 1 aliphatic carbocycles. The van der Waals surface area contributed by atoms with E-state index in [1.807, 2.05) is 19.1 Å². The number of alkyl carbamates (subject to hydrolysis) is 1. The highest BCUT2D eigenvalue weighted by atomic mass is 19.1. The molecule has 14 heteroatoms. The number of halogens is 1. The third-order valence-electron chi connectivity index (χ3n) is 10.5. The smallest absolute Gasteiger partial charge is 0.410 e. The van der Waals surface area contributed by atoms with Gasteiger partial charge >= 0.3 is 12.2 Å². The number of carbonyl (C=O) groups excluding carboxylic acids is 5. The normalized spacial score (nSPS) is 26.1. The standard InChI is InChI=1S/C39H50FN5O8/c1-24-15-17-27(18-16-24)53-43-35(48)39-20-26(39)12-8-6-5-7-9-14-31(41-36(49)52-38(2,3)4)34(47)45-22-28(19-32(45)33(46)42-39)51-37(50)44-21-25-11-10-13-30(40)29(25)23-44/h10-11,13,15-18,26,28,31-32H,5-9,12,14,19-23H2,1-4H3,(H,41,49)(H,42,46)(H,43,48)/t26-,28-,31+,32+,39-/m1/s1. The van der Waals surface area contributed by atoms with Crippen LogP contribution in [0, 0.1) is 18.7 Å². The number of carbonyl (C=O) groups is 5. The van der Waals surface area contributed by atoms with Crippen molar-refractivity contribution in [2.75, 3.05) is 6.54 Å².